The third-order valence-corrected chi connectivity index (χ3v) is 3.40. The molecule has 2 nitrogen and oxygen atoms in total. The van der Waals surface area contributed by atoms with E-state index in [1.54, 1.807) is 12.3 Å². The van der Waals surface area contributed by atoms with Gasteiger partial charge in [0.25, 0.3) is 0 Å². The molecule has 2 aromatic rings. The summed E-state index contributed by atoms with van der Waals surface area (Å²) in [7, 11) is 0. The predicted octanol–water partition coefficient (Wildman–Crippen LogP) is 4.21. The Balaban J connectivity index is 2.44. The van der Waals surface area contributed by atoms with Gasteiger partial charge in [0, 0.05) is 16.2 Å². The van der Waals surface area contributed by atoms with Gasteiger partial charge >= 0.3 is 0 Å². The zero-order valence-corrected chi connectivity index (χ0v) is 12.6. The second-order valence-corrected chi connectivity index (χ2v) is 5.34. The highest BCUT2D eigenvalue weighted by molar-refractivity contribution is 9.10. The summed E-state index contributed by atoms with van der Waals surface area (Å²) in [5.41, 5.74) is 0.599. The molecule has 1 unspecified atom stereocenters. The van der Waals surface area contributed by atoms with Crippen LogP contribution < -0.4 is 5.32 Å². The minimum Gasteiger partial charge on any atom is -0.305 e. The van der Waals surface area contributed by atoms with E-state index in [1.807, 2.05) is 13.0 Å². The minimum absolute atomic E-state index is 0.00997. The molecule has 0 saturated heterocycles. The van der Waals surface area contributed by atoms with Gasteiger partial charge in [-0.15, -0.1) is 0 Å². The van der Waals surface area contributed by atoms with Crippen LogP contribution in [0.3, 0.4) is 0 Å². The molecule has 0 radical (unpaired) electrons. The Morgan fingerprint density at radius 3 is 2.45 bits per heavy atom. The van der Waals surface area contributed by atoms with E-state index in [1.165, 1.54) is 18.2 Å². The Morgan fingerprint density at radius 2 is 1.90 bits per heavy atom. The first-order chi connectivity index (χ1) is 9.63. The number of hydrogen-bond donors (Lipinski definition) is 1. The summed E-state index contributed by atoms with van der Waals surface area (Å²) in [6.07, 6.45) is 2.48. The summed E-state index contributed by atoms with van der Waals surface area (Å²) in [5, 5.41) is 3.15. The Morgan fingerprint density at radius 1 is 1.20 bits per heavy atom. The first-order valence-electron chi connectivity index (χ1n) is 6.42. The summed E-state index contributed by atoms with van der Waals surface area (Å²) < 4.78 is 28.8. The van der Waals surface area contributed by atoms with Crippen molar-refractivity contribution in [2.75, 3.05) is 6.54 Å². The van der Waals surface area contributed by atoms with Gasteiger partial charge in [-0.2, -0.15) is 0 Å². The third kappa shape index (κ3) is 3.41. The van der Waals surface area contributed by atoms with E-state index in [4.69, 9.17) is 0 Å². The first-order valence-corrected chi connectivity index (χ1v) is 7.21. The lowest BCUT2D eigenvalue weighted by Crippen LogP contribution is -2.26. The van der Waals surface area contributed by atoms with Gasteiger partial charge in [-0.25, -0.2) is 8.78 Å². The number of halogens is 3. The Bertz CT molecular complexity index is 552. The van der Waals surface area contributed by atoms with Crippen LogP contribution in [0.5, 0.6) is 0 Å². The van der Waals surface area contributed by atoms with Gasteiger partial charge in [-0.05, 0) is 53.2 Å². The van der Waals surface area contributed by atoms with Crippen molar-refractivity contribution in [3.63, 3.8) is 0 Å². The van der Waals surface area contributed by atoms with Crippen molar-refractivity contribution in [3.05, 3.63) is 63.9 Å². The molecule has 2 rings (SSSR count). The molecule has 0 aliphatic heterocycles. The summed E-state index contributed by atoms with van der Waals surface area (Å²) in [6.45, 7) is 2.65. The zero-order chi connectivity index (χ0) is 14.5. The Labute approximate surface area is 125 Å². The number of nitrogens with zero attached hydrogens (tertiary/aromatic N) is 1. The number of aromatic nitrogens is 1. The Hall–Kier alpha value is -1.33. The standard InChI is InChI=1S/C15H15BrF2N2/c1-2-8-19-15(13-7-6-10(16)9-20-13)14-11(17)4-3-5-12(14)18/h3-7,9,15,19H,2,8H2,1H3. The van der Waals surface area contributed by atoms with Crippen LogP contribution in [0.4, 0.5) is 8.78 Å². The topological polar surface area (TPSA) is 24.9 Å². The summed E-state index contributed by atoms with van der Waals surface area (Å²) in [6, 6.07) is 6.85. The summed E-state index contributed by atoms with van der Waals surface area (Å²) in [4.78, 5) is 4.25. The normalized spacial score (nSPS) is 12.4. The van der Waals surface area contributed by atoms with Crippen molar-refractivity contribution in [3.8, 4) is 0 Å². The minimum atomic E-state index is -0.593. The van der Waals surface area contributed by atoms with E-state index in [9.17, 15) is 8.78 Å². The molecule has 0 spiro atoms. The van der Waals surface area contributed by atoms with Crippen molar-refractivity contribution in [2.24, 2.45) is 0 Å². The first kappa shape index (κ1) is 15.1. The molecule has 1 aromatic heterocycles. The molecule has 1 aromatic carbocycles. The molecular weight excluding hydrogens is 326 g/mol. The van der Waals surface area contributed by atoms with Gasteiger partial charge in [-0.3, -0.25) is 4.98 Å². The molecule has 0 aliphatic carbocycles. The summed E-state index contributed by atoms with van der Waals surface area (Å²) >= 11 is 3.30. The van der Waals surface area contributed by atoms with E-state index in [0.717, 1.165) is 10.9 Å². The molecule has 5 heteroatoms. The van der Waals surface area contributed by atoms with Crippen molar-refractivity contribution in [2.45, 2.75) is 19.4 Å². The highest BCUT2D eigenvalue weighted by atomic mass is 79.9. The number of rotatable bonds is 5. The second kappa shape index (κ2) is 6.90. The van der Waals surface area contributed by atoms with Crippen LogP contribution in [-0.2, 0) is 0 Å². The maximum Gasteiger partial charge on any atom is 0.131 e. The van der Waals surface area contributed by atoms with Crippen LogP contribution in [0.25, 0.3) is 0 Å². The van der Waals surface area contributed by atoms with Crippen molar-refractivity contribution in [1.29, 1.82) is 0 Å². The lowest BCUT2D eigenvalue weighted by Gasteiger charge is -2.19. The fraction of sp³-hybridized carbons (Fsp3) is 0.267. The smallest absolute Gasteiger partial charge is 0.131 e. The van der Waals surface area contributed by atoms with Crippen molar-refractivity contribution >= 4 is 15.9 Å². The van der Waals surface area contributed by atoms with Gasteiger partial charge < -0.3 is 5.32 Å². The largest absolute Gasteiger partial charge is 0.305 e. The van der Waals surface area contributed by atoms with Crippen LogP contribution in [0, 0.1) is 11.6 Å². The maximum absolute atomic E-state index is 14.0. The number of nitrogens with one attached hydrogen (secondary N) is 1. The predicted molar refractivity (Wildman–Crippen MR) is 78.4 cm³/mol. The number of pyridine rings is 1. The molecule has 1 atom stereocenters. The fourth-order valence-electron chi connectivity index (χ4n) is 1.99. The van der Waals surface area contributed by atoms with Crippen LogP contribution in [0.1, 0.15) is 30.6 Å². The fourth-order valence-corrected chi connectivity index (χ4v) is 2.22. The highest BCUT2D eigenvalue weighted by Gasteiger charge is 2.22. The van der Waals surface area contributed by atoms with E-state index in [0.29, 0.717) is 12.2 Å². The monoisotopic (exact) mass is 340 g/mol. The molecule has 0 bridgehead atoms. The van der Waals surface area contributed by atoms with Crippen LogP contribution in [0.15, 0.2) is 41.0 Å². The van der Waals surface area contributed by atoms with Gasteiger partial charge in [0.2, 0.25) is 0 Å². The van der Waals surface area contributed by atoms with E-state index in [2.05, 4.69) is 26.2 Å². The van der Waals surface area contributed by atoms with Gasteiger partial charge in [0.05, 0.1) is 11.7 Å². The van der Waals surface area contributed by atoms with E-state index in [-0.39, 0.29) is 5.56 Å². The zero-order valence-electron chi connectivity index (χ0n) is 11.0. The molecule has 20 heavy (non-hydrogen) atoms. The van der Waals surface area contributed by atoms with Crippen LogP contribution >= 0.6 is 15.9 Å². The molecule has 0 saturated carbocycles. The van der Waals surface area contributed by atoms with Gasteiger partial charge in [0.15, 0.2) is 0 Å². The van der Waals surface area contributed by atoms with Crippen LogP contribution in [-0.4, -0.2) is 11.5 Å². The summed E-state index contributed by atoms with van der Waals surface area (Å²) in [5.74, 6) is -1.13. The van der Waals surface area contributed by atoms with E-state index >= 15 is 0 Å². The molecule has 0 aliphatic rings. The second-order valence-electron chi connectivity index (χ2n) is 4.42. The highest BCUT2D eigenvalue weighted by Crippen LogP contribution is 2.26. The SMILES string of the molecule is CCCNC(c1ccc(Br)cn1)c1c(F)cccc1F. The molecule has 1 heterocycles. The molecule has 0 amide bonds. The van der Waals surface area contributed by atoms with Gasteiger partial charge in [0.1, 0.15) is 11.6 Å². The van der Waals surface area contributed by atoms with Gasteiger partial charge in [-0.1, -0.05) is 13.0 Å². The average molecular weight is 341 g/mol. The number of benzene rings is 1. The Kier molecular flexibility index (Phi) is 5.20. The molecular formula is C15H15BrF2N2. The lowest BCUT2D eigenvalue weighted by molar-refractivity contribution is 0.497. The average Bonchev–Trinajstić information content (AvgIpc) is 2.43. The third-order valence-electron chi connectivity index (χ3n) is 2.93. The molecule has 106 valence electrons. The van der Waals surface area contributed by atoms with Crippen LogP contribution in [0.2, 0.25) is 0 Å². The van der Waals surface area contributed by atoms with Crippen molar-refractivity contribution < 1.29 is 8.78 Å². The van der Waals surface area contributed by atoms with E-state index < -0.39 is 17.7 Å². The molecule has 1 N–H and O–H groups in total. The van der Waals surface area contributed by atoms with Crippen molar-refractivity contribution in [1.82, 2.24) is 10.3 Å². The quantitative estimate of drug-likeness (QED) is 0.881. The number of hydrogen-bond acceptors (Lipinski definition) is 2. The lowest BCUT2D eigenvalue weighted by atomic mass is 10.0. The molecule has 0 fully saturated rings. The maximum atomic E-state index is 14.0.